The van der Waals surface area contributed by atoms with Crippen LogP contribution in [0.2, 0.25) is 10.0 Å². The summed E-state index contributed by atoms with van der Waals surface area (Å²) in [6.45, 7) is 0.824. The van der Waals surface area contributed by atoms with Crippen molar-refractivity contribution in [3.8, 4) is 0 Å². The molecule has 0 radical (unpaired) electrons. The molecule has 140 valence electrons. The normalized spacial score (nSPS) is 21.9. The molecule has 0 unspecified atom stereocenters. The van der Waals surface area contributed by atoms with Crippen LogP contribution in [0.25, 0.3) is 0 Å². The standard InChI is InChI=1S/C19H15BrCl2N2O3/c20-12-3-1-11(2-4-12)10-27-16-8-17-18(25)24(19(26)23(17)9-16)15-6-13(21)5-14(22)7-15/h1-7,16-17H,8-10H2/t16-,17-/m1/s1. The number of benzene rings is 2. The van der Waals surface area contributed by atoms with Gasteiger partial charge in [0.15, 0.2) is 0 Å². The van der Waals surface area contributed by atoms with E-state index in [0.29, 0.717) is 35.3 Å². The molecule has 27 heavy (non-hydrogen) atoms. The summed E-state index contributed by atoms with van der Waals surface area (Å²) < 4.78 is 6.92. The summed E-state index contributed by atoms with van der Waals surface area (Å²) >= 11 is 15.4. The van der Waals surface area contributed by atoms with Crippen molar-refractivity contribution in [1.82, 2.24) is 4.90 Å². The van der Waals surface area contributed by atoms with Crippen LogP contribution in [0.3, 0.4) is 0 Å². The van der Waals surface area contributed by atoms with Gasteiger partial charge < -0.3 is 9.64 Å². The molecule has 2 saturated heterocycles. The number of hydrogen-bond acceptors (Lipinski definition) is 3. The van der Waals surface area contributed by atoms with Crippen molar-refractivity contribution >= 4 is 56.8 Å². The van der Waals surface area contributed by atoms with Crippen molar-refractivity contribution in [2.24, 2.45) is 0 Å². The second kappa shape index (κ2) is 7.43. The number of fused-ring (bicyclic) bond motifs is 1. The Morgan fingerprint density at radius 2 is 1.74 bits per heavy atom. The van der Waals surface area contributed by atoms with Gasteiger partial charge in [-0.1, -0.05) is 51.3 Å². The lowest BCUT2D eigenvalue weighted by Gasteiger charge is -2.18. The quantitative estimate of drug-likeness (QED) is 0.599. The SMILES string of the molecule is O=C1[C@H]2C[C@@H](OCc3ccc(Br)cc3)CN2C(=O)N1c1cc(Cl)cc(Cl)c1. The van der Waals surface area contributed by atoms with E-state index in [1.807, 2.05) is 24.3 Å². The number of nitrogens with zero attached hydrogens (tertiary/aromatic N) is 2. The highest BCUT2D eigenvalue weighted by molar-refractivity contribution is 9.10. The maximum absolute atomic E-state index is 12.8. The third-order valence-corrected chi connectivity index (χ3v) is 5.67. The number of hydrogen-bond donors (Lipinski definition) is 0. The number of imide groups is 1. The number of carbonyl (C=O) groups is 2. The van der Waals surface area contributed by atoms with E-state index in [-0.39, 0.29) is 18.0 Å². The van der Waals surface area contributed by atoms with E-state index >= 15 is 0 Å². The van der Waals surface area contributed by atoms with Crippen molar-refractivity contribution < 1.29 is 14.3 Å². The first-order valence-corrected chi connectivity index (χ1v) is 9.94. The number of halogens is 3. The van der Waals surface area contributed by atoms with Gasteiger partial charge in [-0.05, 0) is 35.9 Å². The molecule has 0 saturated carbocycles. The zero-order valence-corrected chi connectivity index (χ0v) is 17.2. The summed E-state index contributed by atoms with van der Waals surface area (Å²) in [4.78, 5) is 28.3. The molecule has 2 fully saturated rings. The lowest BCUT2D eigenvalue weighted by atomic mass is 10.1. The Morgan fingerprint density at radius 3 is 2.37 bits per heavy atom. The van der Waals surface area contributed by atoms with Crippen LogP contribution in [0.4, 0.5) is 10.5 Å². The topological polar surface area (TPSA) is 49.9 Å². The van der Waals surface area contributed by atoms with Gasteiger partial charge in [0.1, 0.15) is 6.04 Å². The van der Waals surface area contributed by atoms with Crippen LogP contribution in [-0.4, -0.2) is 35.5 Å². The van der Waals surface area contributed by atoms with E-state index < -0.39 is 6.04 Å². The lowest BCUT2D eigenvalue weighted by Crippen LogP contribution is -2.35. The highest BCUT2D eigenvalue weighted by Crippen LogP contribution is 2.35. The van der Waals surface area contributed by atoms with Crippen LogP contribution < -0.4 is 4.90 Å². The molecule has 0 spiro atoms. The molecular weight excluding hydrogens is 455 g/mol. The minimum absolute atomic E-state index is 0.170. The number of rotatable bonds is 4. The molecule has 2 aromatic carbocycles. The van der Waals surface area contributed by atoms with Crippen LogP contribution >= 0.6 is 39.1 Å². The zero-order chi connectivity index (χ0) is 19.1. The lowest BCUT2D eigenvalue weighted by molar-refractivity contribution is -0.119. The van der Waals surface area contributed by atoms with Gasteiger partial charge in [0.25, 0.3) is 5.91 Å². The molecule has 2 heterocycles. The molecule has 5 nitrogen and oxygen atoms in total. The van der Waals surface area contributed by atoms with Gasteiger partial charge in [-0.15, -0.1) is 0 Å². The molecule has 0 aromatic heterocycles. The second-order valence-corrected chi connectivity index (χ2v) is 8.34. The van der Waals surface area contributed by atoms with Crippen LogP contribution in [-0.2, 0) is 16.1 Å². The number of urea groups is 1. The molecule has 2 atom stereocenters. The first kappa shape index (κ1) is 18.7. The maximum atomic E-state index is 12.8. The molecule has 0 aliphatic carbocycles. The summed E-state index contributed by atoms with van der Waals surface area (Å²) in [5, 5.41) is 0.752. The fraction of sp³-hybridized carbons (Fsp3) is 0.263. The van der Waals surface area contributed by atoms with Gasteiger partial charge in [0.05, 0.1) is 18.4 Å². The smallest absolute Gasteiger partial charge is 0.332 e. The summed E-state index contributed by atoms with van der Waals surface area (Å²) in [6, 6.07) is 11.7. The Balaban J connectivity index is 1.44. The highest BCUT2D eigenvalue weighted by Gasteiger charge is 2.51. The molecule has 0 N–H and O–H groups in total. The van der Waals surface area contributed by atoms with Crippen molar-refractivity contribution in [2.45, 2.75) is 25.2 Å². The third-order valence-electron chi connectivity index (χ3n) is 4.71. The Hall–Kier alpha value is -1.60. The summed E-state index contributed by atoms with van der Waals surface area (Å²) in [5.74, 6) is -0.270. The first-order chi connectivity index (χ1) is 12.9. The van der Waals surface area contributed by atoms with Crippen LogP contribution in [0, 0.1) is 0 Å². The van der Waals surface area contributed by atoms with E-state index in [4.69, 9.17) is 27.9 Å². The van der Waals surface area contributed by atoms with Crippen LogP contribution in [0.15, 0.2) is 46.9 Å². The third kappa shape index (κ3) is 3.72. The van der Waals surface area contributed by atoms with Crippen molar-refractivity contribution in [2.75, 3.05) is 11.4 Å². The van der Waals surface area contributed by atoms with Crippen LogP contribution in [0.1, 0.15) is 12.0 Å². The number of carbonyl (C=O) groups excluding carboxylic acids is 2. The summed E-state index contributed by atoms with van der Waals surface area (Å²) in [5.41, 5.74) is 1.43. The Labute approximate surface area is 174 Å². The van der Waals surface area contributed by atoms with Crippen molar-refractivity contribution in [3.05, 3.63) is 62.5 Å². The maximum Gasteiger partial charge on any atom is 0.332 e. The van der Waals surface area contributed by atoms with E-state index in [1.165, 1.54) is 0 Å². The van der Waals surface area contributed by atoms with Gasteiger partial charge in [-0.3, -0.25) is 4.79 Å². The molecule has 2 aliphatic rings. The van der Waals surface area contributed by atoms with E-state index in [0.717, 1.165) is 14.9 Å². The number of amides is 3. The van der Waals surface area contributed by atoms with Gasteiger partial charge in [0.2, 0.25) is 0 Å². The molecule has 4 rings (SSSR count). The van der Waals surface area contributed by atoms with Gasteiger partial charge >= 0.3 is 6.03 Å². The molecule has 2 aliphatic heterocycles. The Kier molecular flexibility index (Phi) is 5.16. The number of anilines is 1. The summed E-state index contributed by atoms with van der Waals surface area (Å²) in [6.07, 6.45) is 0.308. The zero-order valence-electron chi connectivity index (χ0n) is 14.1. The van der Waals surface area contributed by atoms with Gasteiger partial charge in [-0.2, -0.15) is 0 Å². The average molecular weight is 470 g/mol. The molecule has 8 heteroatoms. The van der Waals surface area contributed by atoms with E-state index in [9.17, 15) is 9.59 Å². The fourth-order valence-electron chi connectivity index (χ4n) is 3.44. The Morgan fingerprint density at radius 1 is 1.07 bits per heavy atom. The summed E-state index contributed by atoms with van der Waals surface area (Å²) in [7, 11) is 0. The molecule has 3 amide bonds. The largest absolute Gasteiger partial charge is 0.372 e. The Bertz CT molecular complexity index is 862. The van der Waals surface area contributed by atoms with Gasteiger partial charge in [0, 0.05) is 27.5 Å². The minimum Gasteiger partial charge on any atom is -0.372 e. The first-order valence-electron chi connectivity index (χ1n) is 8.39. The monoisotopic (exact) mass is 468 g/mol. The molecular formula is C19H15BrCl2N2O3. The van der Waals surface area contributed by atoms with E-state index in [1.54, 1.807) is 23.1 Å². The predicted octanol–water partition coefficient (Wildman–Crippen LogP) is 4.88. The molecule has 0 bridgehead atoms. The number of ether oxygens (including phenoxy) is 1. The second-order valence-electron chi connectivity index (χ2n) is 6.55. The fourth-order valence-corrected chi connectivity index (χ4v) is 4.22. The minimum atomic E-state index is -0.509. The van der Waals surface area contributed by atoms with Crippen molar-refractivity contribution in [3.63, 3.8) is 0 Å². The van der Waals surface area contributed by atoms with Crippen molar-refractivity contribution in [1.29, 1.82) is 0 Å². The average Bonchev–Trinajstić information content (AvgIpc) is 3.13. The van der Waals surface area contributed by atoms with Crippen LogP contribution in [0.5, 0.6) is 0 Å². The highest BCUT2D eigenvalue weighted by atomic mass is 79.9. The predicted molar refractivity (Wildman–Crippen MR) is 107 cm³/mol. The molecule has 2 aromatic rings. The van der Waals surface area contributed by atoms with E-state index in [2.05, 4.69) is 15.9 Å². The van der Waals surface area contributed by atoms with Gasteiger partial charge in [-0.25, -0.2) is 9.69 Å².